The maximum Gasteiger partial charge on any atom is 0.337 e. The highest BCUT2D eigenvalue weighted by Gasteiger charge is 2.22. The largest absolute Gasteiger partial charge is 0.465 e. The average Bonchev–Trinajstić information content (AvgIpc) is 2.78. The molecule has 0 fully saturated rings. The SMILES string of the molecule is C#CCN(C/C=C/C(C#N)=C/c1ccc(C(=O)OC)cc1)S(=O)(=O)c1ccccc1. The number of hydrogen-bond acceptors (Lipinski definition) is 5. The van der Waals surface area contributed by atoms with Gasteiger partial charge in [0.1, 0.15) is 0 Å². The molecule has 0 amide bonds. The predicted octanol–water partition coefficient (Wildman–Crippen LogP) is 3.26. The van der Waals surface area contributed by atoms with E-state index in [1.54, 1.807) is 54.6 Å². The molecule has 7 heteroatoms. The quantitative estimate of drug-likeness (QED) is 0.283. The van der Waals surface area contributed by atoms with Crippen molar-refractivity contribution >= 4 is 22.1 Å². The third-order valence-electron chi connectivity index (χ3n) is 4.04. The number of nitriles is 1. The van der Waals surface area contributed by atoms with Gasteiger partial charge in [-0.3, -0.25) is 0 Å². The molecular weight excluding hydrogens is 400 g/mol. The van der Waals surface area contributed by atoms with Gasteiger partial charge in [0.15, 0.2) is 0 Å². The van der Waals surface area contributed by atoms with Crippen LogP contribution in [0.2, 0.25) is 0 Å². The number of nitrogens with zero attached hydrogens (tertiary/aromatic N) is 2. The summed E-state index contributed by atoms with van der Waals surface area (Å²) in [4.78, 5) is 11.6. The molecular formula is C23H20N2O4S. The van der Waals surface area contributed by atoms with Crippen LogP contribution < -0.4 is 0 Å². The molecule has 0 atom stereocenters. The van der Waals surface area contributed by atoms with E-state index in [1.165, 1.54) is 25.3 Å². The van der Waals surface area contributed by atoms with Crippen molar-refractivity contribution in [3.05, 3.63) is 83.4 Å². The number of hydrogen-bond donors (Lipinski definition) is 0. The Morgan fingerprint density at radius 1 is 1.17 bits per heavy atom. The number of allylic oxidation sites excluding steroid dienone is 2. The number of esters is 1. The van der Waals surface area contributed by atoms with Crippen LogP contribution in [0.5, 0.6) is 0 Å². The van der Waals surface area contributed by atoms with Crippen molar-refractivity contribution in [3.8, 4) is 18.4 Å². The van der Waals surface area contributed by atoms with E-state index in [2.05, 4.69) is 10.7 Å². The van der Waals surface area contributed by atoms with E-state index in [9.17, 15) is 18.5 Å². The first-order valence-electron chi connectivity index (χ1n) is 8.87. The van der Waals surface area contributed by atoms with Gasteiger partial charge in [0.25, 0.3) is 0 Å². The van der Waals surface area contributed by atoms with Crippen LogP contribution in [-0.4, -0.2) is 38.9 Å². The van der Waals surface area contributed by atoms with E-state index in [0.717, 1.165) is 4.31 Å². The van der Waals surface area contributed by atoms with Crippen molar-refractivity contribution in [2.24, 2.45) is 0 Å². The molecule has 0 aliphatic rings. The highest BCUT2D eigenvalue weighted by atomic mass is 32.2. The average molecular weight is 420 g/mol. The van der Waals surface area contributed by atoms with E-state index in [1.807, 2.05) is 6.07 Å². The van der Waals surface area contributed by atoms with Gasteiger partial charge in [-0.2, -0.15) is 9.57 Å². The zero-order chi connectivity index (χ0) is 22.0. The van der Waals surface area contributed by atoms with Crippen molar-refractivity contribution in [1.82, 2.24) is 4.31 Å². The van der Waals surface area contributed by atoms with Gasteiger partial charge in [0, 0.05) is 6.54 Å². The standard InChI is InChI=1S/C23H20N2O4S/c1-3-15-25(30(27,28)22-9-5-4-6-10-22)16-7-8-20(18-24)17-19-11-13-21(14-12-19)23(26)29-2/h1,4-14,17H,15-16H2,2H3/b8-7+,20-17-. The summed E-state index contributed by atoms with van der Waals surface area (Å²) in [5.41, 5.74) is 1.43. The summed E-state index contributed by atoms with van der Waals surface area (Å²) >= 11 is 0. The van der Waals surface area contributed by atoms with Crippen LogP contribution in [0.1, 0.15) is 15.9 Å². The van der Waals surface area contributed by atoms with Crippen LogP contribution in [-0.2, 0) is 14.8 Å². The molecule has 0 aromatic heterocycles. The number of rotatable bonds is 8. The second kappa shape index (κ2) is 10.8. The predicted molar refractivity (Wildman–Crippen MR) is 115 cm³/mol. The highest BCUT2D eigenvalue weighted by molar-refractivity contribution is 7.89. The monoisotopic (exact) mass is 420 g/mol. The Bertz CT molecular complexity index is 1120. The minimum atomic E-state index is -3.75. The summed E-state index contributed by atoms with van der Waals surface area (Å²) < 4.78 is 31.3. The smallest absolute Gasteiger partial charge is 0.337 e. The second-order valence-electron chi connectivity index (χ2n) is 6.04. The van der Waals surface area contributed by atoms with Crippen molar-refractivity contribution < 1.29 is 17.9 Å². The topological polar surface area (TPSA) is 87.5 Å². The Morgan fingerprint density at radius 2 is 1.83 bits per heavy atom. The summed E-state index contributed by atoms with van der Waals surface area (Å²) in [5.74, 6) is 1.91. The summed E-state index contributed by atoms with van der Waals surface area (Å²) in [6.45, 7) is -0.0795. The first kappa shape index (κ1) is 22.6. The van der Waals surface area contributed by atoms with Crippen LogP contribution in [0.4, 0.5) is 0 Å². The fraction of sp³-hybridized carbons (Fsp3) is 0.130. The first-order valence-corrected chi connectivity index (χ1v) is 10.3. The molecule has 0 N–H and O–H groups in total. The Labute approximate surface area is 176 Å². The maximum atomic E-state index is 12.7. The Kier molecular flexibility index (Phi) is 8.13. The number of terminal acetylenes is 1. The van der Waals surface area contributed by atoms with E-state index in [-0.39, 0.29) is 18.0 Å². The van der Waals surface area contributed by atoms with Crippen LogP contribution >= 0.6 is 0 Å². The van der Waals surface area contributed by atoms with Gasteiger partial charge in [-0.05, 0) is 42.0 Å². The molecule has 0 bridgehead atoms. The van der Waals surface area contributed by atoms with Crippen molar-refractivity contribution in [3.63, 3.8) is 0 Å². The molecule has 0 radical (unpaired) electrons. The number of carbonyl (C=O) groups is 1. The summed E-state index contributed by atoms with van der Waals surface area (Å²) in [5, 5.41) is 9.37. The lowest BCUT2D eigenvalue weighted by Gasteiger charge is -2.18. The number of methoxy groups -OCH3 is 1. The van der Waals surface area contributed by atoms with E-state index >= 15 is 0 Å². The lowest BCUT2D eigenvalue weighted by atomic mass is 10.1. The molecule has 2 aromatic carbocycles. The Morgan fingerprint density at radius 3 is 2.40 bits per heavy atom. The first-order chi connectivity index (χ1) is 14.4. The minimum absolute atomic E-state index is 0.0156. The lowest BCUT2D eigenvalue weighted by Crippen LogP contribution is -2.31. The van der Waals surface area contributed by atoms with Crippen LogP contribution in [0.3, 0.4) is 0 Å². The molecule has 0 heterocycles. The fourth-order valence-electron chi connectivity index (χ4n) is 2.52. The fourth-order valence-corrected chi connectivity index (χ4v) is 3.84. The summed E-state index contributed by atoms with van der Waals surface area (Å²) in [7, 11) is -2.45. The lowest BCUT2D eigenvalue weighted by molar-refractivity contribution is 0.0600. The molecule has 30 heavy (non-hydrogen) atoms. The molecule has 0 aliphatic carbocycles. The van der Waals surface area contributed by atoms with E-state index in [4.69, 9.17) is 6.42 Å². The van der Waals surface area contributed by atoms with Gasteiger partial charge in [-0.1, -0.05) is 42.3 Å². The van der Waals surface area contributed by atoms with Gasteiger partial charge >= 0.3 is 5.97 Å². The zero-order valence-electron chi connectivity index (χ0n) is 16.4. The Balaban J connectivity index is 2.17. The van der Waals surface area contributed by atoms with Crippen LogP contribution in [0, 0.1) is 23.7 Å². The van der Waals surface area contributed by atoms with E-state index < -0.39 is 16.0 Å². The van der Waals surface area contributed by atoms with Crippen molar-refractivity contribution in [1.29, 1.82) is 5.26 Å². The second-order valence-corrected chi connectivity index (χ2v) is 7.98. The van der Waals surface area contributed by atoms with E-state index in [0.29, 0.717) is 16.7 Å². The van der Waals surface area contributed by atoms with Crippen molar-refractivity contribution in [2.75, 3.05) is 20.2 Å². The normalized spacial score (nSPS) is 11.8. The number of sulfonamides is 1. The maximum absolute atomic E-state index is 12.7. The number of ether oxygens (including phenoxy) is 1. The molecule has 2 aromatic rings. The molecule has 0 saturated carbocycles. The molecule has 2 rings (SSSR count). The van der Waals surface area contributed by atoms with Crippen LogP contribution in [0.15, 0.2) is 77.2 Å². The number of carbonyl (C=O) groups excluding carboxylic acids is 1. The van der Waals surface area contributed by atoms with Gasteiger partial charge < -0.3 is 4.74 Å². The van der Waals surface area contributed by atoms with Gasteiger partial charge in [0.2, 0.25) is 10.0 Å². The van der Waals surface area contributed by atoms with Crippen molar-refractivity contribution in [2.45, 2.75) is 4.90 Å². The zero-order valence-corrected chi connectivity index (χ0v) is 17.2. The Hall–Kier alpha value is -3.65. The molecule has 152 valence electrons. The third-order valence-corrected chi connectivity index (χ3v) is 5.86. The van der Waals surface area contributed by atoms with Gasteiger partial charge in [-0.25, -0.2) is 13.2 Å². The molecule has 6 nitrogen and oxygen atoms in total. The minimum Gasteiger partial charge on any atom is -0.465 e. The van der Waals surface area contributed by atoms with Crippen LogP contribution in [0.25, 0.3) is 6.08 Å². The molecule has 0 unspecified atom stereocenters. The molecule has 0 spiro atoms. The summed E-state index contributed by atoms with van der Waals surface area (Å²) in [6, 6.07) is 16.6. The number of benzene rings is 2. The highest BCUT2D eigenvalue weighted by Crippen LogP contribution is 2.15. The molecule has 0 aliphatic heterocycles. The third kappa shape index (κ3) is 5.92. The molecule has 0 saturated heterocycles. The van der Waals surface area contributed by atoms with Gasteiger partial charge in [-0.15, -0.1) is 6.42 Å². The van der Waals surface area contributed by atoms with Gasteiger partial charge in [0.05, 0.1) is 35.8 Å². The summed E-state index contributed by atoms with van der Waals surface area (Å²) in [6.07, 6.45) is 10.0.